The van der Waals surface area contributed by atoms with Gasteiger partial charge >= 0.3 is 6.18 Å². The number of carbonyl (C=O) groups excluding carboxylic acids is 1. The minimum absolute atomic E-state index is 0.0516. The van der Waals surface area contributed by atoms with Crippen LogP contribution in [0.2, 0.25) is 5.02 Å². The Bertz CT molecular complexity index is 954. The zero-order valence-electron chi connectivity index (χ0n) is 14.6. The first-order valence-electron chi connectivity index (χ1n) is 8.41. The van der Waals surface area contributed by atoms with Crippen LogP contribution in [0.4, 0.5) is 13.2 Å². The summed E-state index contributed by atoms with van der Waals surface area (Å²) in [5, 5.41) is 10.9. The molecule has 0 aliphatic heterocycles. The Labute approximate surface area is 164 Å². The van der Waals surface area contributed by atoms with Crippen molar-refractivity contribution in [1.82, 2.24) is 20.3 Å². The van der Waals surface area contributed by atoms with Gasteiger partial charge in [0, 0.05) is 11.6 Å². The number of nitrogens with zero attached hydrogens (tertiary/aromatic N) is 3. The lowest BCUT2D eigenvalue weighted by molar-refractivity contribution is -0.138. The highest BCUT2D eigenvalue weighted by molar-refractivity contribution is 6.30. The molecule has 0 unspecified atom stereocenters. The third-order valence-electron chi connectivity index (χ3n) is 4.03. The number of aromatic nitrogens is 3. The zero-order chi connectivity index (χ0) is 20.1. The Balaban J connectivity index is 1.56. The van der Waals surface area contributed by atoms with Gasteiger partial charge in [-0.1, -0.05) is 47.1 Å². The molecule has 0 fully saturated rings. The molecule has 1 aromatic heterocycles. The van der Waals surface area contributed by atoms with E-state index in [1.807, 2.05) is 12.1 Å². The molecule has 0 bridgehead atoms. The molecule has 0 aliphatic carbocycles. The van der Waals surface area contributed by atoms with Gasteiger partial charge in [-0.05, 0) is 35.7 Å². The predicted molar refractivity (Wildman–Crippen MR) is 98.1 cm³/mol. The fourth-order valence-corrected chi connectivity index (χ4v) is 2.80. The molecular formula is C19H16ClF3N4O. The van der Waals surface area contributed by atoms with Gasteiger partial charge in [0.05, 0.1) is 18.3 Å². The van der Waals surface area contributed by atoms with Crippen molar-refractivity contribution >= 4 is 17.5 Å². The molecule has 9 heteroatoms. The van der Waals surface area contributed by atoms with Gasteiger partial charge in [-0.3, -0.25) is 4.79 Å². The summed E-state index contributed by atoms with van der Waals surface area (Å²) in [7, 11) is 0. The van der Waals surface area contributed by atoms with E-state index in [4.69, 9.17) is 11.6 Å². The molecule has 0 saturated carbocycles. The highest BCUT2D eigenvalue weighted by atomic mass is 35.5. The number of alkyl halides is 3. The molecule has 5 nitrogen and oxygen atoms in total. The lowest BCUT2D eigenvalue weighted by atomic mass is 10.0. The third-order valence-corrected chi connectivity index (χ3v) is 4.28. The van der Waals surface area contributed by atoms with Gasteiger partial charge in [0.15, 0.2) is 5.69 Å². The second kappa shape index (κ2) is 8.43. The SMILES string of the molecule is O=C(NCCc1ccccc1C(F)(F)F)c1cn(Cc2ccc(Cl)cc2)nn1. The topological polar surface area (TPSA) is 59.8 Å². The van der Waals surface area contributed by atoms with Crippen LogP contribution in [0.25, 0.3) is 0 Å². The average Bonchev–Trinajstić information content (AvgIpc) is 3.12. The monoisotopic (exact) mass is 408 g/mol. The van der Waals surface area contributed by atoms with E-state index >= 15 is 0 Å². The molecule has 28 heavy (non-hydrogen) atoms. The second-order valence-electron chi connectivity index (χ2n) is 6.09. The maximum atomic E-state index is 13.0. The molecule has 146 valence electrons. The van der Waals surface area contributed by atoms with E-state index in [9.17, 15) is 18.0 Å². The Morgan fingerprint density at radius 3 is 2.54 bits per heavy atom. The quantitative estimate of drug-likeness (QED) is 0.671. The molecule has 1 amide bonds. The van der Waals surface area contributed by atoms with Gasteiger partial charge in [-0.2, -0.15) is 13.2 Å². The Morgan fingerprint density at radius 1 is 1.11 bits per heavy atom. The van der Waals surface area contributed by atoms with Crippen molar-refractivity contribution in [1.29, 1.82) is 0 Å². The smallest absolute Gasteiger partial charge is 0.350 e. The summed E-state index contributed by atoms with van der Waals surface area (Å²) in [6.07, 6.45) is -2.89. The van der Waals surface area contributed by atoms with Gasteiger partial charge in [0.25, 0.3) is 5.91 Å². The maximum Gasteiger partial charge on any atom is 0.416 e. The number of amides is 1. The van der Waals surface area contributed by atoms with E-state index in [1.54, 1.807) is 12.1 Å². The Morgan fingerprint density at radius 2 is 1.82 bits per heavy atom. The number of rotatable bonds is 6. The van der Waals surface area contributed by atoms with Crippen molar-refractivity contribution in [2.24, 2.45) is 0 Å². The van der Waals surface area contributed by atoms with Crippen LogP contribution in [0.5, 0.6) is 0 Å². The summed E-state index contributed by atoms with van der Waals surface area (Å²) in [4.78, 5) is 12.2. The van der Waals surface area contributed by atoms with E-state index in [2.05, 4.69) is 15.6 Å². The van der Waals surface area contributed by atoms with Gasteiger partial charge in [-0.15, -0.1) is 5.10 Å². The Kier molecular flexibility index (Phi) is 5.99. The summed E-state index contributed by atoms with van der Waals surface area (Å²) in [5.41, 5.74) is 0.461. The maximum absolute atomic E-state index is 13.0. The predicted octanol–water partition coefficient (Wildman–Crippen LogP) is 3.97. The summed E-state index contributed by atoms with van der Waals surface area (Å²) in [6, 6.07) is 12.5. The van der Waals surface area contributed by atoms with Crippen LogP contribution < -0.4 is 5.32 Å². The minimum Gasteiger partial charge on any atom is -0.350 e. The molecule has 0 aliphatic rings. The Hall–Kier alpha value is -2.87. The highest BCUT2D eigenvalue weighted by Gasteiger charge is 2.32. The van der Waals surface area contributed by atoms with E-state index in [0.717, 1.165) is 11.6 Å². The summed E-state index contributed by atoms with van der Waals surface area (Å²) >= 11 is 5.84. The normalized spacial score (nSPS) is 11.4. The molecule has 2 aromatic carbocycles. The van der Waals surface area contributed by atoms with E-state index in [0.29, 0.717) is 11.6 Å². The largest absolute Gasteiger partial charge is 0.416 e. The third kappa shape index (κ3) is 5.10. The van der Waals surface area contributed by atoms with Crippen LogP contribution in [-0.2, 0) is 19.1 Å². The van der Waals surface area contributed by atoms with Crippen molar-refractivity contribution in [2.45, 2.75) is 19.1 Å². The van der Waals surface area contributed by atoms with Gasteiger partial charge in [0.1, 0.15) is 0 Å². The average molecular weight is 409 g/mol. The van der Waals surface area contributed by atoms with E-state index < -0.39 is 17.6 Å². The molecule has 1 heterocycles. The van der Waals surface area contributed by atoms with Crippen LogP contribution in [0.15, 0.2) is 54.7 Å². The molecular weight excluding hydrogens is 393 g/mol. The molecule has 3 aromatic rings. The lowest BCUT2D eigenvalue weighted by Crippen LogP contribution is -2.26. The fraction of sp³-hybridized carbons (Fsp3) is 0.211. The number of halogens is 4. The number of hydrogen-bond donors (Lipinski definition) is 1. The van der Waals surface area contributed by atoms with Crippen LogP contribution in [0.1, 0.15) is 27.2 Å². The van der Waals surface area contributed by atoms with E-state index in [-0.39, 0.29) is 24.2 Å². The van der Waals surface area contributed by atoms with Crippen LogP contribution in [-0.4, -0.2) is 27.4 Å². The molecule has 1 N–H and O–H groups in total. The number of hydrogen-bond acceptors (Lipinski definition) is 3. The van der Waals surface area contributed by atoms with Crippen molar-refractivity contribution in [3.8, 4) is 0 Å². The molecule has 0 radical (unpaired) electrons. The molecule has 0 atom stereocenters. The summed E-state index contributed by atoms with van der Waals surface area (Å²) in [6.45, 7) is 0.465. The van der Waals surface area contributed by atoms with Crippen molar-refractivity contribution in [3.63, 3.8) is 0 Å². The number of benzene rings is 2. The van der Waals surface area contributed by atoms with Gasteiger partial charge in [0.2, 0.25) is 0 Å². The fourth-order valence-electron chi connectivity index (χ4n) is 2.67. The summed E-state index contributed by atoms with van der Waals surface area (Å²) in [5.74, 6) is -0.494. The van der Waals surface area contributed by atoms with Gasteiger partial charge in [-0.25, -0.2) is 4.68 Å². The first-order chi connectivity index (χ1) is 13.3. The van der Waals surface area contributed by atoms with Crippen molar-refractivity contribution in [2.75, 3.05) is 6.54 Å². The van der Waals surface area contributed by atoms with E-state index in [1.165, 1.54) is 29.1 Å². The number of carbonyl (C=O) groups is 1. The number of nitrogens with one attached hydrogen (secondary N) is 1. The summed E-state index contributed by atoms with van der Waals surface area (Å²) < 4.78 is 40.5. The van der Waals surface area contributed by atoms with Crippen LogP contribution >= 0.6 is 11.6 Å². The first-order valence-corrected chi connectivity index (χ1v) is 8.78. The van der Waals surface area contributed by atoms with Gasteiger partial charge < -0.3 is 5.32 Å². The van der Waals surface area contributed by atoms with Crippen LogP contribution in [0.3, 0.4) is 0 Å². The second-order valence-corrected chi connectivity index (χ2v) is 6.53. The minimum atomic E-state index is -4.43. The zero-order valence-corrected chi connectivity index (χ0v) is 15.3. The first kappa shape index (κ1) is 19.9. The molecule has 0 saturated heterocycles. The molecule has 3 rings (SSSR count). The van der Waals surface area contributed by atoms with Crippen LogP contribution in [0, 0.1) is 0 Å². The van der Waals surface area contributed by atoms with Crippen molar-refractivity contribution in [3.05, 3.63) is 82.1 Å². The molecule has 0 spiro atoms. The highest BCUT2D eigenvalue weighted by Crippen LogP contribution is 2.31. The lowest BCUT2D eigenvalue weighted by Gasteiger charge is -2.12. The van der Waals surface area contributed by atoms with Crippen molar-refractivity contribution < 1.29 is 18.0 Å². The standard InChI is InChI=1S/C19H16ClF3N4O/c20-15-7-5-13(6-8-15)11-27-12-17(25-26-27)18(28)24-10-9-14-3-1-2-4-16(14)19(21,22)23/h1-8,12H,9-11H2,(H,24,28).